The standard InChI is InChI=1S/C12H13FO4/c1-7(14)11(13)12(15)10-8(16-2)5-4-6-9(10)17-3/h4-6,11H,1-3H3. The monoisotopic (exact) mass is 240 g/mol. The van der Waals surface area contributed by atoms with E-state index in [0.29, 0.717) is 0 Å². The maximum Gasteiger partial charge on any atom is 0.220 e. The molecule has 0 aliphatic carbocycles. The first-order chi connectivity index (χ1) is 8.02. The number of alkyl halides is 1. The fourth-order valence-corrected chi connectivity index (χ4v) is 1.41. The molecular formula is C12H13FO4. The number of halogens is 1. The van der Waals surface area contributed by atoms with E-state index < -0.39 is 17.7 Å². The zero-order valence-electron chi connectivity index (χ0n) is 9.82. The Bertz CT molecular complexity index is 420. The summed E-state index contributed by atoms with van der Waals surface area (Å²) in [5.41, 5.74) is -0.0554. The first kappa shape index (κ1) is 13.2. The maximum atomic E-state index is 13.4. The van der Waals surface area contributed by atoms with Gasteiger partial charge in [0.1, 0.15) is 17.1 Å². The van der Waals surface area contributed by atoms with Crippen molar-refractivity contribution >= 4 is 11.6 Å². The second-order valence-electron chi connectivity index (χ2n) is 3.37. The van der Waals surface area contributed by atoms with Crippen LogP contribution in [0.25, 0.3) is 0 Å². The van der Waals surface area contributed by atoms with Gasteiger partial charge in [-0.1, -0.05) is 6.07 Å². The maximum absolute atomic E-state index is 13.4. The molecule has 1 aromatic rings. The molecule has 1 rings (SSSR count). The third-order valence-corrected chi connectivity index (χ3v) is 2.26. The minimum atomic E-state index is -2.19. The first-order valence-corrected chi connectivity index (χ1v) is 4.92. The molecule has 1 atom stereocenters. The van der Waals surface area contributed by atoms with Crippen molar-refractivity contribution < 1.29 is 23.5 Å². The molecule has 17 heavy (non-hydrogen) atoms. The van der Waals surface area contributed by atoms with E-state index >= 15 is 0 Å². The number of ketones is 2. The van der Waals surface area contributed by atoms with Gasteiger partial charge in [-0.2, -0.15) is 0 Å². The fraction of sp³-hybridized carbons (Fsp3) is 0.333. The highest BCUT2D eigenvalue weighted by atomic mass is 19.1. The highest BCUT2D eigenvalue weighted by molar-refractivity contribution is 6.15. The molecule has 0 aliphatic heterocycles. The number of Topliss-reactive ketones (excluding diaryl/α,β-unsaturated/α-hetero) is 2. The number of carbonyl (C=O) groups is 2. The van der Waals surface area contributed by atoms with Crippen molar-refractivity contribution in [2.45, 2.75) is 13.1 Å². The molecule has 0 fully saturated rings. The topological polar surface area (TPSA) is 52.6 Å². The van der Waals surface area contributed by atoms with Gasteiger partial charge < -0.3 is 9.47 Å². The minimum absolute atomic E-state index is 0.0554. The molecule has 0 N–H and O–H groups in total. The van der Waals surface area contributed by atoms with Crippen molar-refractivity contribution in [2.24, 2.45) is 0 Å². The normalized spacial score (nSPS) is 11.8. The Kier molecular flexibility index (Phi) is 4.20. The lowest BCUT2D eigenvalue weighted by Crippen LogP contribution is -2.24. The first-order valence-electron chi connectivity index (χ1n) is 4.92. The molecule has 0 bridgehead atoms. The quantitative estimate of drug-likeness (QED) is 0.582. The van der Waals surface area contributed by atoms with Crippen molar-refractivity contribution in [2.75, 3.05) is 14.2 Å². The van der Waals surface area contributed by atoms with Gasteiger partial charge in [0.15, 0.2) is 5.78 Å². The lowest BCUT2D eigenvalue weighted by Gasteiger charge is -2.12. The summed E-state index contributed by atoms with van der Waals surface area (Å²) in [6.45, 7) is 1.02. The molecule has 0 saturated carbocycles. The Balaban J connectivity index is 3.27. The number of hydrogen-bond acceptors (Lipinski definition) is 4. The van der Waals surface area contributed by atoms with Crippen molar-refractivity contribution in [3.8, 4) is 11.5 Å². The van der Waals surface area contributed by atoms with Gasteiger partial charge in [0.2, 0.25) is 12.0 Å². The fourth-order valence-electron chi connectivity index (χ4n) is 1.41. The lowest BCUT2D eigenvalue weighted by atomic mass is 10.0. The smallest absolute Gasteiger partial charge is 0.220 e. The van der Waals surface area contributed by atoms with E-state index in [-0.39, 0.29) is 17.1 Å². The van der Waals surface area contributed by atoms with Gasteiger partial charge in [-0.05, 0) is 19.1 Å². The van der Waals surface area contributed by atoms with Gasteiger partial charge in [-0.15, -0.1) is 0 Å². The van der Waals surface area contributed by atoms with Crippen LogP contribution in [0.1, 0.15) is 17.3 Å². The van der Waals surface area contributed by atoms with Crippen LogP contribution in [0.5, 0.6) is 11.5 Å². The van der Waals surface area contributed by atoms with Crippen LogP contribution < -0.4 is 9.47 Å². The Morgan fingerprint density at radius 3 is 2.00 bits per heavy atom. The highest BCUT2D eigenvalue weighted by Crippen LogP contribution is 2.30. The second-order valence-corrected chi connectivity index (χ2v) is 3.37. The summed E-state index contributed by atoms with van der Waals surface area (Å²) in [7, 11) is 2.71. The number of ether oxygens (including phenoxy) is 2. The Hall–Kier alpha value is -1.91. The zero-order chi connectivity index (χ0) is 13.0. The predicted octanol–water partition coefficient (Wildman–Crippen LogP) is 1.81. The van der Waals surface area contributed by atoms with Crippen molar-refractivity contribution in [1.29, 1.82) is 0 Å². The molecular weight excluding hydrogens is 227 g/mol. The summed E-state index contributed by atoms with van der Waals surface area (Å²) in [5.74, 6) is -1.44. The van der Waals surface area contributed by atoms with E-state index in [2.05, 4.69) is 0 Å². The third-order valence-electron chi connectivity index (χ3n) is 2.26. The summed E-state index contributed by atoms with van der Waals surface area (Å²) in [5, 5.41) is 0. The van der Waals surface area contributed by atoms with Gasteiger partial charge in [-0.3, -0.25) is 9.59 Å². The van der Waals surface area contributed by atoms with E-state index in [4.69, 9.17) is 9.47 Å². The van der Waals surface area contributed by atoms with Crippen molar-refractivity contribution in [1.82, 2.24) is 0 Å². The van der Waals surface area contributed by atoms with E-state index in [9.17, 15) is 14.0 Å². The Morgan fingerprint density at radius 2 is 1.65 bits per heavy atom. The van der Waals surface area contributed by atoms with Crippen LogP contribution in [0.2, 0.25) is 0 Å². The molecule has 0 saturated heterocycles. The summed E-state index contributed by atoms with van der Waals surface area (Å²) < 4.78 is 23.3. The van der Waals surface area contributed by atoms with E-state index in [1.54, 1.807) is 6.07 Å². The number of benzene rings is 1. The van der Waals surface area contributed by atoms with Crippen LogP contribution in [0.15, 0.2) is 18.2 Å². The second kappa shape index (κ2) is 5.43. The number of hydrogen-bond donors (Lipinski definition) is 0. The minimum Gasteiger partial charge on any atom is -0.496 e. The average molecular weight is 240 g/mol. The van der Waals surface area contributed by atoms with E-state index in [1.807, 2.05) is 0 Å². The number of rotatable bonds is 5. The molecule has 0 heterocycles. The molecule has 1 aromatic carbocycles. The third kappa shape index (κ3) is 2.61. The van der Waals surface area contributed by atoms with Crippen LogP contribution in [0.3, 0.4) is 0 Å². The lowest BCUT2D eigenvalue weighted by molar-refractivity contribution is -0.120. The SMILES string of the molecule is COc1cccc(OC)c1C(=O)C(F)C(C)=O. The predicted molar refractivity (Wildman–Crippen MR) is 59.5 cm³/mol. The summed E-state index contributed by atoms with van der Waals surface area (Å²) in [4.78, 5) is 22.7. The van der Waals surface area contributed by atoms with Crippen LogP contribution in [0, 0.1) is 0 Å². The van der Waals surface area contributed by atoms with Gasteiger partial charge in [-0.25, -0.2) is 4.39 Å². The van der Waals surface area contributed by atoms with Crippen LogP contribution in [-0.4, -0.2) is 32.0 Å². The molecule has 5 heteroatoms. The number of methoxy groups -OCH3 is 2. The summed E-state index contributed by atoms with van der Waals surface area (Å²) >= 11 is 0. The van der Waals surface area contributed by atoms with E-state index in [0.717, 1.165) is 6.92 Å². The summed E-state index contributed by atoms with van der Waals surface area (Å²) in [6.07, 6.45) is -2.19. The van der Waals surface area contributed by atoms with Gasteiger partial charge in [0.25, 0.3) is 0 Å². The largest absolute Gasteiger partial charge is 0.496 e. The molecule has 4 nitrogen and oxygen atoms in total. The number of carbonyl (C=O) groups excluding carboxylic acids is 2. The van der Waals surface area contributed by atoms with Crippen molar-refractivity contribution in [3.05, 3.63) is 23.8 Å². The molecule has 92 valence electrons. The van der Waals surface area contributed by atoms with Gasteiger partial charge in [0, 0.05) is 0 Å². The van der Waals surface area contributed by atoms with Gasteiger partial charge >= 0.3 is 0 Å². The highest BCUT2D eigenvalue weighted by Gasteiger charge is 2.29. The Morgan fingerprint density at radius 1 is 1.18 bits per heavy atom. The van der Waals surface area contributed by atoms with Crippen LogP contribution in [-0.2, 0) is 4.79 Å². The Labute approximate surface area is 98.3 Å². The van der Waals surface area contributed by atoms with Crippen LogP contribution in [0.4, 0.5) is 4.39 Å². The molecule has 0 aliphatic rings. The van der Waals surface area contributed by atoms with E-state index in [1.165, 1.54) is 26.4 Å². The molecule has 1 unspecified atom stereocenters. The van der Waals surface area contributed by atoms with Crippen LogP contribution >= 0.6 is 0 Å². The molecule has 0 amide bonds. The zero-order valence-corrected chi connectivity index (χ0v) is 9.82. The summed E-state index contributed by atoms with van der Waals surface area (Å²) in [6, 6.07) is 4.61. The molecule has 0 spiro atoms. The van der Waals surface area contributed by atoms with Gasteiger partial charge in [0.05, 0.1) is 14.2 Å². The average Bonchev–Trinajstić information content (AvgIpc) is 2.35. The van der Waals surface area contributed by atoms with Crippen molar-refractivity contribution in [3.63, 3.8) is 0 Å². The molecule has 0 radical (unpaired) electrons. The molecule has 0 aromatic heterocycles.